The van der Waals surface area contributed by atoms with E-state index in [1.165, 1.54) is 32.1 Å². The maximum atomic E-state index is 3.91. The van der Waals surface area contributed by atoms with E-state index in [1.807, 2.05) is 11.3 Å². The first-order valence-electron chi connectivity index (χ1n) is 7.29. The van der Waals surface area contributed by atoms with E-state index in [4.69, 9.17) is 0 Å². The molecule has 0 spiro atoms. The minimum Gasteiger partial charge on any atom is -0.306 e. The Bertz CT molecular complexity index is 561. The number of rotatable bonds is 2. The maximum Gasteiger partial charge on any atom is 0.0334 e. The topological polar surface area (TPSA) is 12.0 Å². The molecule has 1 aromatic carbocycles. The molecule has 98 valence electrons. The fourth-order valence-corrected chi connectivity index (χ4v) is 4.61. The molecule has 2 aromatic rings. The molecule has 1 nitrogen and oxygen atoms in total. The van der Waals surface area contributed by atoms with Gasteiger partial charge >= 0.3 is 0 Å². The van der Waals surface area contributed by atoms with Crippen LogP contribution in [0, 0.1) is 0 Å². The van der Waals surface area contributed by atoms with Gasteiger partial charge in [0.25, 0.3) is 0 Å². The highest BCUT2D eigenvalue weighted by Gasteiger charge is 2.27. The summed E-state index contributed by atoms with van der Waals surface area (Å²) in [6, 6.07) is 12.5. The average molecular weight is 269 g/mol. The van der Waals surface area contributed by atoms with Gasteiger partial charge in [-0.15, -0.1) is 11.3 Å². The molecule has 0 saturated carbocycles. The quantitative estimate of drug-likeness (QED) is 0.872. The molecule has 0 bridgehead atoms. The van der Waals surface area contributed by atoms with Crippen LogP contribution in [0.25, 0.3) is 0 Å². The lowest BCUT2D eigenvalue weighted by molar-refractivity contribution is 0.403. The maximum absolute atomic E-state index is 3.91. The third-order valence-corrected chi connectivity index (χ3v) is 5.54. The normalized spacial score (nSPS) is 22.2. The fourth-order valence-electron chi connectivity index (χ4n) is 3.62. The van der Waals surface area contributed by atoms with Crippen LogP contribution < -0.4 is 5.32 Å². The Morgan fingerprint density at radius 3 is 2.63 bits per heavy atom. The van der Waals surface area contributed by atoms with Crippen molar-refractivity contribution in [2.45, 2.75) is 44.2 Å². The van der Waals surface area contributed by atoms with Gasteiger partial charge in [-0.2, -0.15) is 0 Å². The average Bonchev–Trinajstić information content (AvgIpc) is 3.04. The molecule has 0 fully saturated rings. The first-order chi connectivity index (χ1) is 9.40. The zero-order valence-corrected chi connectivity index (χ0v) is 11.9. The summed E-state index contributed by atoms with van der Waals surface area (Å²) in [5.41, 5.74) is 4.66. The molecule has 1 unspecified atom stereocenters. The summed E-state index contributed by atoms with van der Waals surface area (Å²) < 4.78 is 0. The smallest absolute Gasteiger partial charge is 0.0334 e. The highest BCUT2D eigenvalue weighted by molar-refractivity contribution is 7.10. The Hall–Kier alpha value is -1.12. The van der Waals surface area contributed by atoms with Gasteiger partial charge in [-0.25, -0.2) is 0 Å². The van der Waals surface area contributed by atoms with Crippen molar-refractivity contribution in [3.05, 3.63) is 57.3 Å². The highest BCUT2D eigenvalue weighted by atomic mass is 32.1. The second kappa shape index (κ2) is 4.77. The summed E-state index contributed by atoms with van der Waals surface area (Å²) >= 11 is 1.93. The first-order valence-corrected chi connectivity index (χ1v) is 8.17. The van der Waals surface area contributed by atoms with Crippen LogP contribution in [-0.4, -0.2) is 6.04 Å². The Morgan fingerprint density at radius 1 is 1.05 bits per heavy atom. The van der Waals surface area contributed by atoms with Gasteiger partial charge in [0.15, 0.2) is 0 Å². The van der Waals surface area contributed by atoms with E-state index in [0.717, 1.165) is 0 Å². The summed E-state index contributed by atoms with van der Waals surface area (Å²) in [6.45, 7) is 0. The fraction of sp³-hybridized carbons (Fsp3) is 0.412. The van der Waals surface area contributed by atoms with Gasteiger partial charge in [-0.1, -0.05) is 24.3 Å². The Kier molecular flexibility index (Phi) is 2.93. The third-order valence-electron chi connectivity index (χ3n) is 4.54. The Morgan fingerprint density at radius 2 is 1.84 bits per heavy atom. The van der Waals surface area contributed by atoms with E-state index in [-0.39, 0.29) is 0 Å². The number of hydrogen-bond donors (Lipinski definition) is 1. The zero-order chi connectivity index (χ0) is 12.7. The molecular formula is C17H19NS. The number of thiophene rings is 1. The second-order valence-electron chi connectivity index (χ2n) is 5.78. The molecule has 0 amide bonds. The van der Waals surface area contributed by atoms with E-state index in [1.54, 1.807) is 21.6 Å². The molecule has 1 N–H and O–H groups in total. The number of hydrogen-bond acceptors (Lipinski definition) is 2. The van der Waals surface area contributed by atoms with Gasteiger partial charge in [0.1, 0.15) is 0 Å². The van der Waals surface area contributed by atoms with Gasteiger partial charge in [-0.3, -0.25) is 0 Å². The molecule has 2 aliphatic carbocycles. The highest BCUT2D eigenvalue weighted by Crippen LogP contribution is 2.34. The lowest BCUT2D eigenvalue weighted by Crippen LogP contribution is -2.34. The summed E-state index contributed by atoms with van der Waals surface area (Å²) in [5.74, 6) is 0. The molecule has 19 heavy (non-hydrogen) atoms. The molecular weight excluding hydrogens is 250 g/mol. The Balaban J connectivity index is 1.50. The van der Waals surface area contributed by atoms with Crippen LogP contribution in [0.2, 0.25) is 0 Å². The molecule has 4 rings (SSSR count). The van der Waals surface area contributed by atoms with E-state index in [9.17, 15) is 0 Å². The van der Waals surface area contributed by atoms with E-state index in [0.29, 0.717) is 12.1 Å². The predicted octanol–water partition coefficient (Wildman–Crippen LogP) is 3.88. The third kappa shape index (κ3) is 2.13. The SMILES string of the molecule is c1ccc2c(c1)CC(NC1CCCc3sccc31)C2. The number of aryl methyl sites for hydroxylation is 1. The van der Waals surface area contributed by atoms with Crippen LogP contribution >= 0.6 is 11.3 Å². The molecule has 0 aliphatic heterocycles. The van der Waals surface area contributed by atoms with E-state index < -0.39 is 0 Å². The molecule has 1 aromatic heterocycles. The van der Waals surface area contributed by atoms with Crippen molar-refractivity contribution in [3.63, 3.8) is 0 Å². The van der Waals surface area contributed by atoms with E-state index >= 15 is 0 Å². The van der Waals surface area contributed by atoms with Crippen LogP contribution in [0.1, 0.15) is 40.5 Å². The summed E-state index contributed by atoms with van der Waals surface area (Å²) in [5, 5.41) is 6.17. The number of benzene rings is 1. The van der Waals surface area contributed by atoms with Crippen molar-refractivity contribution in [2.24, 2.45) is 0 Å². The monoisotopic (exact) mass is 269 g/mol. The Labute approximate surface area is 118 Å². The molecule has 0 saturated heterocycles. The number of fused-ring (bicyclic) bond motifs is 2. The number of nitrogens with one attached hydrogen (secondary N) is 1. The van der Waals surface area contributed by atoms with Crippen LogP contribution in [0.3, 0.4) is 0 Å². The van der Waals surface area contributed by atoms with Crippen LogP contribution in [-0.2, 0) is 19.3 Å². The largest absolute Gasteiger partial charge is 0.306 e. The lowest BCUT2D eigenvalue weighted by Gasteiger charge is -2.27. The van der Waals surface area contributed by atoms with Gasteiger partial charge in [0.05, 0.1) is 0 Å². The van der Waals surface area contributed by atoms with Crippen molar-refractivity contribution < 1.29 is 0 Å². The lowest BCUT2D eigenvalue weighted by atomic mass is 9.93. The minimum atomic E-state index is 0.592. The van der Waals surface area contributed by atoms with Gasteiger partial charge in [-0.05, 0) is 60.2 Å². The van der Waals surface area contributed by atoms with Gasteiger partial charge in [0, 0.05) is 17.0 Å². The predicted molar refractivity (Wildman–Crippen MR) is 80.8 cm³/mol. The molecule has 2 heteroatoms. The van der Waals surface area contributed by atoms with Gasteiger partial charge in [0.2, 0.25) is 0 Å². The van der Waals surface area contributed by atoms with Crippen molar-refractivity contribution >= 4 is 11.3 Å². The summed E-state index contributed by atoms with van der Waals surface area (Å²) in [4.78, 5) is 1.61. The van der Waals surface area contributed by atoms with Crippen molar-refractivity contribution in [2.75, 3.05) is 0 Å². The van der Waals surface area contributed by atoms with E-state index in [2.05, 4.69) is 41.0 Å². The zero-order valence-electron chi connectivity index (χ0n) is 11.1. The van der Waals surface area contributed by atoms with Crippen molar-refractivity contribution in [3.8, 4) is 0 Å². The van der Waals surface area contributed by atoms with Gasteiger partial charge < -0.3 is 5.32 Å². The standard InChI is InChI=1S/C17H19NS/c1-2-5-13-11-14(10-12(13)4-1)18-16-6-3-7-17-15(16)8-9-19-17/h1-2,4-5,8-9,14,16,18H,3,6-7,10-11H2. The van der Waals surface area contributed by atoms with Crippen LogP contribution in [0.5, 0.6) is 0 Å². The minimum absolute atomic E-state index is 0.592. The summed E-state index contributed by atoms with van der Waals surface area (Å²) in [7, 11) is 0. The summed E-state index contributed by atoms with van der Waals surface area (Å²) in [6.07, 6.45) is 6.33. The first kappa shape index (κ1) is 11.7. The van der Waals surface area contributed by atoms with Crippen LogP contribution in [0.4, 0.5) is 0 Å². The van der Waals surface area contributed by atoms with Crippen LogP contribution in [0.15, 0.2) is 35.7 Å². The second-order valence-corrected chi connectivity index (χ2v) is 6.79. The molecule has 1 atom stereocenters. The van der Waals surface area contributed by atoms with Crippen molar-refractivity contribution in [1.82, 2.24) is 5.32 Å². The molecule has 0 radical (unpaired) electrons. The van der Waals surface area contributed by atoms with Crippen molar-refractivity contribution in [1.29, 1.82) is 0 Å². The molecule has 1 heterocycles. The molecule has 2 aliphatic rings.